The van der Waals surface area contributed by atoms with E-state index in [-0.39, 0.29) is 24.1 Å². The lowest BCUT2D eigenvalue weighted by Gasteiger charge is -2.31. The lowest BCUT2D eigenvalue weighted by molar-refractivity contribution is 0.0158. The quantitative estimate of drug-likeness (QED) is 0.775. The van der Waals surface area contributed by atoms with Crippen molar-refractivity contribution < 1.29 is 19.1 Å². The molecule has 1 aromatic rings. The van der Waals surface area contributed by atoms with Gasteiger partial charge in [0.1, 0.15) is 5.60 Å². The van der Waals surface area contributed by atoms with Crippen LogP contribution in [0.2, 0.25) is 0 Å². The summed E-state index contributed by atoms with van der Waals surface area (Å²) in [7, 11) is 1.36. The number of carbonyl (C=O) groups excluding carboxylic acids is 2. The first-order valence-electron chi connectivity index (χ1n) is 7.92. The Labute approximate surface area is 137 Å². The van der Waals surface area contributed by atoms with Crippen LogP contribution in [0.15, 0.2) is 24.3 Å². The van der Waals surface area contributed by atoms with E-state index in [0.29, 0.717) is 5.56 Å². The monoisotopic (exact) mass is 319 g/mol. The third kappa shape index (κ3) is 4.03. The summed E-state index contributed by atoms with van der Waals surface area (Å²) in [5.74, 6) is -0.361. The lowest BCUT2D eigenvalue weighted by atomic mass is 10.0. The van der Waals surface area contributed by atoms with E-state index in [4.69, 9.17) is 9.47 Å². The fraction of sp³-hybridized carbons (Fsp3) is 0.556. The normalized spacial score (nSPS) is 21.2. The summed E-state index contributed by atoms with van der Waals surface area (Å²) in [6.07, 6.45) is 1.53. The molecular weight excluding hydrogens is 294 g/mol. The van der Waals surface area contributed by atoms with Crippen molar-refractivity contribution in [1.82, 2.24) is 4.90 Å². The number of ether oxygens (including phenoxy) is 2. The van der Waals surface area contributed by atoms with Crippen molar-refractivity contribution >= 4 is 12.1 Å². The fourth-order valence-electron chi connectivity index (χ4n) is 2.89. The van der Waals surface area contributed by atoms with Crippen LogP contribution in [0.1, 0.15) is 62.5 Å². The molecule has 1 aliphatic heterocycles. The predicted molar refractivity (Wildman–Crippen MR) is 87.3 cm³/mol. The molecule has 0 aromatic heterocycles. The number of hydrogen-bond donors (Lipinski definition) is 0. The number of esters is 1. The van der Waals surface area contributed by atoms with Crippen molar-refractivity contribution in [2.24, 2.45) is 0 Å². The summed E-state index contributed by atoms with van der Waals surface area (Å²) in [5, 5.41) is 0. The molecule has 1 fully saturated rings. The van der Waals surface area contributed by atoms with Crippen LogP contribution < -0.4 is 0 Å². The SMILES string of the molecule is COC(=O)c1ccc([C@@H]2CCC(C)N2C(=O)OC(C)(C)C)cc1. The van der Waals surface area contributed by atoms with Gasteiger partial charge in [0.05, 0.1) is 18.7 Å². The Balaban J connectivity index is 2.20. The molecule has 5 nitrogen and oxygen atoms in total. The fourth-order valence-corrected chi connectivity index (χ4v) is 2.89. The highest BCUT2D eigenvalue weighted by molar-refractivity contribution is 5.89. The number of carbonyl (C=O) groups is 2. The molecular formula is C18H25NO4. The van der Waals surface area contributed by atoms with Crippen molar-refractivity contribution in [3.8, 4) is 0 Å². The zero-order valence-electron chi connectivity index (χ0n) is 14.5. The molecule has 0 aliphatic carbocycles. The number of amides is 1. The first-order valence-corrected chi connectivity index (χ1v) is 7.92. The average Bonchev–Trinajstić information content (AvgIpc) is 2.86. The van der Waals surface area contributed by atoms with Crippen LogP contribution in [0.3, 0.4) is 0 Å². The molecule has 1 aromatic carbocycles. The highest BCUT2D eigenvalue weighted by Gasteiger charge is 2.37. The van der Waals surface area contributed by atoms with E-state index < -0.39 is 5.60 Å². The van der Waals surface area contributed by atoms with Crippen LogP contribution in [0, 0.1) is 0 Å². The minimum atomic E-state index is -0.515. The summed E-state index contributed by atoms with van der Waals surface area (Å²) in [6.45, 7) is 7.64. The molecule has 5 heteroatoms. The van der Waals surface area contributed by atoms with Crippen LogP contribution in [-0.2, 0) is 9.47 Å². The molecule has 126 valence electrons. The molecule has 0 radical (unpaired) electrons. The highest BCUT2D eigenvalue weighted by Crippen LogP contribution is 2.37. The first kappa shape index (κ1) is 17.3. The summed E-state index contributed by atoms with van der Waals surface area (Å²) in [4.78, 5) is 25.8. The maximum Gasteiger partial charge on any atom is 0.411 e. The maximum atomic E-state index is 12.5. The lowest BCUT2D eigenvalue weighted by Crippen LogP contribution is -2.40. The highest BCUT2D eigenvalue weighted by atomic mass is 16.6. The Kier molecular flexibility index (Phi) is 4.97. The van der Waals surface area contributed by atoms with E-state index in [1.54, 1.807) is 17.0 Å². The van der Waals surface area contributed by atoms with Gasteiger partial charge in [0, 0.05) is 6.04 Å². The Morgan fingerprint density at radius 3 is 2.26 bits per heavy atom. The summed E-state index contributed by atoms with van der Waals surface area (Å²) in [5.41, 5.74) is 0.998. The van der Waals surface area contributed by atoms with Crippen LogP contribution in [0.25, 0.3) is 0 Å². The molecule has 1 heterocycles. The largest absolute Gasteiger partial charge is 0.465 e. The van der Waals surface area contributed by atoms with Gasteiger partial charge >= 0.3 is 12.1 Å². The molecule has 1 aliphatic rings. The van der Waals surface area contributed by atoms with Gasteiger partial charge in [-0.3, -0.25) is 4.90 Å². The molecule has 1 saturated heterocycles. The summed E-state index contributed by atoms with van der Waals surface area (Å²) < 4.78 is 10.2. The number of rotatable bonds is 2. The molecule has 1 unspecified atom stereocenters. The van der Waals surface area contributed by atoms with Gasteiger partial charge in [-0.05, 0) is 58.2 Å². The van der Waals surface area contributed by atoms with E-state index in [0.717, 1.165) is 18.4 Å². The van der Waals surface area contributed by atoms with Gasteiger partial charge in [0.15, 0.2) is 0 Å². The second kappa shape index (κ2) is 6.60. The van der Waals surface area contributed by atoms with E-state index in [9.17, 15) is 9.59 Å². The number of likely N-dealkylation sites (tertiary alicyclic amines) is 1. The van der Waals surface area contributed by atoms with Gasteiger partial charge in [-0.15, -0.1) is 0 Å². The molecule has 0 bridgehead atoms. The van der Waals surface area contributed by atoms with E-state index >= 15 is 0 Å². The second-order valence-corrected chi connectivity index (χ2v) is 6.94. The Morgan fingerprint density at radius 2 is 1.74 bits per heavy atom. The Morgan fingerprint density at radius 1 is 1.13 bits per heavy atom. The maximum absolute atomic E-state index is 12.5. The van der Waals surface area contributed by atoms with Crippen LogP contribution in [0.5, 0.6) is 0 Å². The van der Waals surface area contributed by atoms with Gasteiger partial charge in [0.2, 0.25) is 0 Å². The number of benzene rings is 1. The van der Waals surface area contributed by atoms with Crippen molar-refractivity contribution in [1.29, 1.82) is 0 Å². The first-order chi connectivity index (χ1) is 10.7. The zero-order chi connectivity index (χ0) is 17.2. The third-order valence-electron chi connectivity index (χ3n) is 3.99. The van der Waals surface area contributed by atoms with Gasteiger partial charge in [-0.1, -0.05) is 12.1 Å². The summed E-state index contributed by atoms with van der Waals surface area (Å²) >= 11 is 0. The molecule has 1 amide bonds. The summed E-state index contributed by atoms with van der Waals surface area (Å²) in [6, 6.07) is 7.34. The van der Waals surface area contributed by atoms with Crippen molar-refractivity contribution in [2.45, 2.75) is 58.2 Å². The molecule has 23 heavy (non-hydrogen) atoms. The standard InChI is InChI=1S/C18H25NO4/c1-12-6-11-15(19(12)17(21)23-18(2,3)4)13-7-9-14(10-8-13)16(20)22-5/h7-10,12,15H,6,11H2,1-5H3/t12?,15-/m0/s1. The smallest absolute Gasteiger partial charge is 0.411 e. The van der Waals surface area contributed by atoms with Crippen molar-refractivity contribution in [3.05, 3.63) is 35.4 Å². The third-order valence-corrected chi connectivity index (χ3v) is 3.99. The van der Waals surface area contributed by atoms with Gasteiger partial charge < -0.3 is 9.47 Å². The van der Waals surface area contributed by atoms with E-state index in [1.807, 2.05) is 39.8 Å². The van der Waals surface area contributed by atoms with Crippen molar-refractivity contribution in [2.75, 3.05) is 7.11 Å². The minimum Gasteiger partial charge on any atom is -0.465 e. The van der Waals surface area contributed by atoms with Crippen molar-refractivity contribution in [3.63, 3.8) is 0 Å². The topological polar surface area (TPSA) is 55.8 Å². The Hall–Kier alpha value is -2.04. The van der Waals surface area contributed by atoms with Crippen LogP contribution in [-0.4, -0.2) is 35.7 Å². The number of nitrogens with zero attached hydrogens (tertiary/aromatic N) is 1. The number of hydrogen-bond acceptors (Lipinski definition) is 4. The van der Waals surface area contributed by atoms with Gasteiger partial charge in [0.25, 0.3) is 0 Å². The van der Waals surface area contributed by atoms with Crippen LogP contribution in [0.4, 0.5) is 4.79 Å². The molecule has 0 saturated carbocycles. The van der Waals surface area contributed by atoms with Gasteiger partial charge in [-0.25, -0.2) is 9.59 Å². The van der Waals surface area contributed by atoms with Gasteiger partial charge in [-0.2, -0.15) is 0 Å². The molecule has 0 spiro atoms. The molecule has 2 rings (SSSR count). The average molecular weight is 319 g/mol. The predicted octanol–water partition coefficient (Wildman–Crippen LogP) is 3.93. The Bertz CT molecular complexity index is 574. The van der Waals surface area contributed by atoms with E-state index in [1.165, 1.54) is 7.11 Å². The minimum absolute atomic E-state index is 0.0217. The van der Waals surface area contributed by atoms with Crippen LogP contribution >= 0.6 is 0 Å². The zero-order valence-corrected chi connectivity index (χ0v) is 14.5. The molecule has 2 atom stereocenters. The van der Waals surface area contributed by atoms with E-state index in [2.05, 4.69) is 0 Å². The number of methoxy groups -OCH3 is 1. The molecule has 0 N–H and O–H groups in total. The second-order valence-electron chi connectivity index (χ2n) is 6.94.